The summed E-state index contributed by atoms with van der Waals surface area (Å²) in [6.07, 6.45) is 3.06. The third-order valence-corrected chi connectivity index (χ3v) is 2.82. The predicted octanol–water partition coefficient (Wildman–Crippen LogP) is 0.883. The number of thiol groups is 1. The van der Waals surface area contributed by atoms with Gasteiger partial charge in [-0.15, -0.1) is 0 Å². The van der Waals surface area contributed by atoms with Gasteiger partial charge >= 0.3 is 0 Å². The maximum atomic E-state index is 11.7. The molecule has 0 saturated carbocycles. The second-order valence-corrected chi connectivity index (χ2v) is 4.97. The van der Waals surface area contributed by atoms with Crippen LogP contribution in [0.4, 0.5) is 0 Å². The molecule has 0 spiro atoms. The highest BCUT2D eigenvalue weighted by Crippen LogP contribution is 2.04. The van der Waals surface area contributed by atoms with Crippen LogP contribution in [0, 0.1) is 0 Å². The molecule has 2 amide bonds. The summed E-state index contributed by atoms with van der Waals surface area (Å²) >= 11 is 3.87. The number of carbonyl (C=O) groups excluding carboxylic acids is 2. The van der Waals surface area contributed by atoms with E-state index in [-0.39, 0.29) is 5.91 Å². The van der Waals surface area contributed by atoms with Gasteiger partial charge in [-0.3, -0.25) is 14.3 Å². The number of rotatable bonds is 5. The molecule has 1 unspecified atom stereocenters. The van der Waals surface area contributed by atoms with Crippen molar-refractivity contribution in [2.24, 2.45) is 0 Å². The molecule has 1 rings (SSSR count). The number of carbonyl (C=O) groups is 2. The summed E-state index contributed by atoms with van der Waals surface area (Å²) in [5.74, 6) is -0.678. The molecule has 0 fully saturated rings. The van der Waals surface area contributed by atoms with E-state index in [0.29, 0.717) is 17.7 Å². The second kappa shape index (κ2) is 7.75. The van der Waals surface area contributed by atoms with Crippen molar-refractivity contribution in [2.45, 2.75) is 0 Å². The smallest absolute Gasteiger partial charge is 0.262 e. The summed E-state index contributed by atoms with van der Waals surface area (Å²) in [4.78, 5) is 23.2. The minimum absolute atomic E-state index is 0.238. The molecule has 0 aliphatic rings. The lowest BCUT2D eigenvalue weighted by Gasteiger charge is -2.04. The van der Waals surface area contributed by atoms with E-state index in [0.717, 1.165) is 0 Å². The van der Waals surface area contributed by atoms with Crippen molar-refractivity contribution >= 4 is 35.4 Å². The van der Waals surface area contributed by atoms with Crippen LogP contribution in [0.5, 0.6) is 0 Å². The fraction of sp³-hybridized carbons (Fsp3) is 0.167. The van der Waals surface area contributed by atoms with E-state index in [1.807, 2.05) is 0 Å². The molecule has 5 nitrogen and oxygen atoms in total. The number of hydrogen-bond donors (Lipinski definition) is 3. The van der Waals surface area contributed by atoms with E-state index in [9.17, 15) is 13.8 Å². The Balaban J connectivity index is 2.68. The van der Waals surface area contributed by atoms with Crippen molar-refractivity contribution in [2.75, 3.05) is 12.8 Å². The Morgan fingerprint density at radius 2 is 1.74 bits per heavy atom. The Bertz CT molecular complexity index is 512. The number of nitrogens with one attached hydrogen (secondary N) is 2. The van der Waals surface area contributed by atoms with Crippen molar-refractivity contribution in [1.29, 1.82) is 0 Å². The molecular weight excluding hydrogens is 284 g/mol. The van der Waals surface area contributed by atoms with E-state index in [2.05, 4.69) is 22.7 Å². The highest BCUT2D eigenvalue weighted by molar-refractivity contribution is 7.83. The third kappa shape index (κ3) is 5.27. The first-order valence-electron chi connectivity index (χ1n) is 5.36. The van der Waals surface area contributed by atoms with Gasteiger partial charge < -0.3 is 5.32 Å². The van der Waals surface area contributed by atoms with Gasteiger partial charge in [-0.25, -0.2) is 4.21 Å². The lowest BCUT2D eigenvalue weighted by Crippen LogP contribution is -2.25. The van der Waals surface area contributed by atoms with Crippen LogP contribution in [-0.2, 0) is 11.0 Å². The van der Waals surface area contributed by atoms with E-state index >= 15 is 0 Å². The Kier molecular flexibility index (Phi) is 6.31. The second-order valence-electron chi connectivity index (χ2n) is 3.56. The van der Waals surface area contributed by atoms with Crippen molar-refractivity contribution in [3.8, 4) is 0 Å². The van der Waals surface area contributed by atoms with E-state index in [4.69, 9.17) is 0 Å². The van der Waals surface area contributed by atoms with Crippen LogP contribution < -0.4 is 10.0 Å². The van der Waals surface area contributed by atoms with E-state index in [1.165, 1.54) is 30.5 Å². The van der Waals surface area contributed by atoms with Crippen LogP contribution in [0.3, 0.4) is 0 Å². The fourth-order valence-electron chi connectivity index (χ4n) is 1.27. The van der Waals surface area contributed by atoms with Crippen molar-refractivity contribution in [1.82, 2.24) is 10.0 Å². The van der Waals surface area contributed by atoms with Gasteiger partial charge in [0.1, 0.15) is 11.0 Å². The zero-order valence-corrected chi connectivity index (χ0v) is 12.0. The number of hydrogen-bond acceptors (Lipinski definition) is 4. The molecular formula is C12H14N2O3S2. The van der Waals surface area contributed by atoms with Gasteiger partial charge in [-0.2, -0.15) is 12.6 Å². The van der Waals surface area contributed by atoms with Crippen LogP contribution in [0.15, 0.2) is 35.7 Å². The van der Waals surface area contributed by atoms with E-state index in [1.54, 1.807) is 11.5 Å². The first kappa shape index (κ1) is 15.5. The van der Waals surface area contributed by atoms with Gasteiger partial charge in [0.05, 0.1) is 0 Å². The highest BCUT2D eigenvalue weighted by atomic mass is 32.2. The third-order valence-electron chi connectivity index (χ3n) is 2.13. The molecule has 0 aliphatic carbocycles. The molecule has 0 saturated heterocycles. The van der Waals surface area contributed by atoms with Crippen molar-refractivity contribution in [3.63, 3.8) is 0 Å². The van der Waals surface area contributed by atoms with Gasteiger partial charge in [0, 0.05) is 23.9 Å². The van der Waals surface area contributed by atoms with Crippen LogP contribution >= 0.6 is 12.6 Å². The molecule has 0 bridgehead atoms. The zero-order chi connectivity index (χ0) is 14.3. The first-order chi connectivity index (χ1) is 9.04. The summed E-state index contributed by atoms with van der Waals surface area (Å²) < 4.78 is 13.1. The van der Waals surface area contributed by atoms with Gasteiger partial charge in [-0.05, 0) is 29.7 Å². The topological polar surface area (TPSA) is 75.3 Å². The zero-order valence-electron chi connectivity index (χ0n) is 10.3. The lowest BCUT2D eigenvalue weighted by molar-refractivity contribution is 0.0953. The summed E-state index contributed by atoms with van der Waals surface area (Å²) in [6.45, 7) is 0.388. The molecule has 1 aromatic carbocycles. The molecule has 0 heterocycles. The molecule has 0 aromatic heterocycles. The minimum Gasteiger partial charge on any atom is -0.349 e. The molecule has 7 heteroatoms. The molecule has 1 aromatic rings. The average Bonchev–Trinajstić information content (AvgIpc) is 2.38. The van der Waals surface area contributed by atoms with Gasteiger partial charge in [0.15, 0.2) is 0 Å². The molecule has 1 atom stereocenters. The quantitative estimate of drug-likeness (QED) is 0.707. The molecule has 0 radical (unpaired) electrons. The van der Waals surface area contributed by atoms with E-state index < -0.39 is 16.9 Å². The summed E-state index contributed by atoms with van der Waals surface area (Å²) in [5, 5.41) is 4.20. The normalized spacial score (nSPS) is 12.1. The molecule has 2 N–H and O–H groups in total. The Hall–Kier alpha value is -1.60. The average molecular weight is 298 g/mol. The SMILES string of the molecule is CS(=O)NC(=O)c1ccc(C(=O)NC/C=C/S)cc1. The molecule has 102 valence electrons. The maximum Gasteiger partial charge on any atom is 0.262 e. The summed E-state index contributed by atoms with van der Waals surface area (Å²) in [6, 6.07) is 6.08. The van der Waals surface area contributed by atoms with Crippen LogP contribution in [-0.4, -0.2) is 28.8 Å². The summed E-state index contributed by atoms with van der Waals surface area (Å²) in [7, 11) is -1.41. The molecule has 19 heavy (non-hydrogen) atoms. The Morgan fingerprint density at radius 1 is 1.21 bits per heavy atom. The number of amides is 2. The first-order valence-corrected chi connectivity index (χ1v) is 7.44. The lowest BCUT2D eigenvalue weighted by atomic mass is 10.1. The predicted molar refractivity (Wildman–Crippen MR) is 78.4 cm³/mol. The Labute approximate surface area is 119 Å². The van der Waals surface area contributed by atoms with Crippen LogP contribution in [0.25, 0.3) is 0 Å². The molecule has 0 aliphatic heterocycles. The number of benzene rings is 1. The van der Waals surface area contributed by atoms with Gasteiger partial charge in [0.2, 0.25) is 0 Å². The van der Waals surface area contributed by atoms with Gasteiger partial charge in [-0.1, -0.05) is 6.08 Å². The fourth-order valence-corrected chi connectivity index (χ4v) is 1.75. The maximum absolute atomic E-state index is 11.7. The summed E-state index contributed by atoms with van der Waals surface area (Å²) in [5.41, 5.74) is 0.795. The van der Waals surface area contributed by atoms with Crippen molar-refractivity contribution < 1.29 is 13.8 Å². The van der Waals surface area contributed by atoms with Crippen LogP contribution in [0.2, 0.25) is 0 Å². The minimum atomic E-state index is -1.41. The van der Waals surface area contributed by atoms with Crippen molar-refractivity contribution in [3.05, 3.63) is 46.9 Å². The highest BCUT2D eigenvalue weighted by Gasteiger charge is 2.08. The monoisotopic (exact) mass is 298 g/mol. The standard InChI is InChI=1S/C12H14N2O3S2/c1-19(17)14-12(16)10-5-3-9(4-6-10)11(15)13-7-2-8-18/h2-6,8,18H,7H2,1H3,(H,13,15)(H,14,16)/b8-2+. The largest absolute Gasteiger partial charge is 0.349 e. The van der Waals surface area contributed by atoms with Gasteiger partial charge in [0.25, 0.3) is 11.8 Å². The Morgan fingerprint density at radius 3 is 2.21 bits per heavy atom. The van der Waals surface area contributed by atoms with Crippen LogP contribution in [0.1, 0.15) is 20.7 Å².